The van der Waals surface area contributed by atoms with Crippen LogP contribution in [0.25, 0.3) is 16.6 Å². The number of aromatic nitrogens is 7. The first-order chi connectivity index (χ1) is 17.6. The van der Waals surface area contributed by atoms with Crippen molar-refractivity contribution in [3.05, 3.63) is 100 Å². The maximum atomic E-state index is 13.4. The van der Waals surface area contributed by atoms with Crippen molar-refractivity contribution >= 4 is 34.1 Å². The molecule has 11 heteroatoms. The second-order valence-electron chi connectivity index (χ2n) is 7.51. The topological polar surface area (TPSA) is 137 Å². The molecule has 10 nitrogen and oxygen atoms in total. The Morgan fingerprint density at radius 1 is 1.00 bits per heavy atom. The first-order valence-electron chi connectivity index (χ1n) is 10.8. The number of hydrogen-bond donors (Lipinski definition) is 2. The summed E-state index contributed by atoms with van der Waals surface area (Å²) in [4.78, 5) is 38.8. The molecule has 0 aliphatic carbocycles. The Morgan fingerprint density at radius 2 is 1.89 bits per heavy atom. The van der Waals surface area contributed by atoms with Crippen LogP contribution in [0.2, 0.25) is 5.02 Å². The fourth-order valence-corrected chi connectivity index (χ4v) is 3.85. The summed E-state index contributed by atoms with van der Waals surface area (Å²) in [5.41, 5.74) is 7.83. The molecule has 0 amide bonds. The quantitative estimate of drug-likeness (QED) is 0.352. The summed E-state index contributed by atoms with van der Waals surface area (Å²) in [5.74, 6) is 7.10. The number of hydrogen-bond acceptors (Lipinski definition) is 9. The normalized spacial score (nSPS) is 10.6. The Bertz CT molecular complexity index is 1660. The van der Waals surface area contributed by atoms with Gasteiger partial charge in [0.1, 0.15) is 35.0 Å². The number of benzene rings is 1. The Labute approximate surface area is 210 Å². The third kappa shape index (κ3) is 4.68. The predicted octanol–water partition coefficient (Wildman–Crippen LogP) is 2.65. The first-order valence-corrected chi connectivity index (χ1v) is 11.2. The monoisotopic (exact) mass is 495 g/mol. The number of nitrogen functional groups attached to an aromatic ring is 1. The summed E-state index contributed by atoms with van der Waals surface area (Å²) in [6.07, 6.45) is 9.65. The van der Waals surface area contributed by atoms with Gasteiger partial charge in [-0.25, -0.2) is 19.9 Å². The van der Waals surface area contributed by atoms with E-state index in [1.54, 1.807) is 61.3 Å². The number of pyridine rings is 1. The molecule has 5 aromatic rings. The predicted molar refractivity (Wildman–Crippen MR) is 137 cm³/mol. The molecule has 0 aliphatic heterocycles. The third-order valence-electron chi connectivity index (χ3n) is 5.22. The van der Waals surface area contributed by atoms with Crippen molar-refractivity contribution in [2.45, 2.75) is 6.42 Å². The number of halogens is 1. The minimum atomic E-state index is -0.268. The molecule has 0 aliphatic rings. The van der Waals surface area contributed by atoms with Gasteiger partial charge in [-0.05, 0) is 30.2 Å². The summed E-state index contributed by atoms with van der Waals surface area (Å²) >= 11 is 6.34. The molecule has 0 spiro atoms. The van der Waals surface area contributed by atoms with Gasteiger partial charge in [0, 0.05) is 31.6 Å². The lowest BCUT2D eigenvalue weighted by molar-refractivity contribution is 0.806. The van der Waals surface area contributed by atoms with Gasteiger partial charge in [-0.2, -0.15) is 0 Å². The molecule has 4 aromatic heterocycles. The molecule has 0 fully saturated rings. The molecule has 0 atom stereocenters. The fraction of sp³-hybridized carbons (Fsp3) is 0.0800. The molecule has 0 bridgehead atoms. The van der Waals surface area contributed by atoms with E-state index >= 15 is 0 Å². The molecule has 0 saturated carbocycles. The van der Waals surface area contributed by atoms with Crippen molar-refractivity contribution in [3.8, 4) is 17.5 Å². The van der Waals surface area contributed by atoms with E-state index in [1.807, 2.05) is 0 Å². The van der Waals surface area contributed by atoms with Gasteiger partial charge in [-0.15, -0.1) is 0 Å². The maximum absolute atomic E-state index is 13.4. The third-order valence-corrected chi connectivity index (χ3v) is 5.53. The SMILES string of the molecule is Nc1ncnc(NCCc2nc3cccc(Cl)c3c(=O)n2-c2cccnc2)c1C#Cc1cnccn1. The lowest BCUT2D eigenvalue weighted by Gasteiger charge is -2.15. The van der Waals surface area contributed by atoms with Gasteiger partial charge < -0.3 is 11.1 Å². The highest BCUT2D eigenvalue weighted by Gasteiger charge is 2.15. The Morgan fingerprint density at radius 3 is 2.69 bits per heavy atom. The van der Waals surface area contributed by atoms with E-state index in [-0.39, 0.29) is 11.4 Å². The van der Waals surface area contributed by atoms with Gasteiger partial charge in [0.05, 0.1) is 34.0 Å². The molecule has 0 saturated heterocycles. The Balaban J connectivity index is 1.47. The molecule has 0 unspecified atom stereocenters. The van der Waals surface area contributed by atoms with Crippen molar-refractivity contribution in [2.75, 3.05) is 17.6 Å². The van der Waals surface area contributed by atoms with E-state index in [0.717, 1.165) is 0 Å². The number of nitrogens with two attached hydrogens (primary N) is 1. The maximum Gasteiger partial charge on any atom is 0.267 e. The van der Waals surface area contributed by atoms with Crippen LogP contribution in [0, 0.1) is 11.8 Å². The van der Waals surface area contributed by atoms with E-state index in [0.29, 0.717) is 57.5 Å². The van der Waals surface area contributed by atoms with Crippen molar-refractivity contribution < 1.29 is 0 Å². The molecular formula is C25H18ClN9O. The van der Waals surface area contributed by atoms with Gasteiger partial charge in [0.25, 0.3) is 5.56 Å². The second-order valence-corrected chi connectivity index (χ2v) is 7.92. The minimum Gasteiger partial charge on any atom is -0.382 e. The van der Waals surface area contributed by atoms with E-state index in [1.165, 1.54) is 10.9 Å². The zero-order valence-electron chi connectivity index (χ0n) is 18.8. The molecule has 176 valence electrons. The molecule has 1 aromatic carbocycles. The van der Waals surface area contributed by atoms with Gasteiger partial charge in [-0.1, -0.05) is 23.6 Å². The van der Waals surface area contributed by atoms with Crippen LogP contribution in [0.1, 0.15) is 17.1 Å². The van der Waals surface area contributed by atoms with Crippen LogP contribution < -0.4 is 16.6 Å². The first kappa shape index (κ1) is 22.9. The van der Waals surface area contributed by atoms with Gasteiger partial charge in [0.15, 0.2) is 0 Å². The van der Waals surface area contributed by atoms with Crippen LogP contribution in [-0.2, 0) is 6.42 Å². The molecule has 0 radical (unpaired) electrons. The number of nitrogens with zero attached hydrogens (tertiary/aromatic N) is 7. The fourth-order valence-electron chi connectivity index (χ4n) is 3.60. The molecular weight excluding hydrogens is 478 g/mol. The standard InChI is InChI=1S/C25H18ClN9O/c26-19-4-1-5-20-22(19)25(36)35(17-3-2-9-28-14-17)21(34-20)8-10-31-24-18(23(27)32-15-33-24)7-6-16-13-29-11-12-30-16/h1-5,9,11-15H,8,10H2,(H3,27,31,32,33). The van der Waals surface area contributed by atoms with Crippen LogP contribution in [0.15, 0.2) is 72.4 Å². The van der Waals surface area contributed by atoms with Gasteiger partial charge in [0.2, 0.25) is 0 Å². The van der Waals surface area contributed by atoms with E-state index in [4.69, 9.17) is 22.3 Å². The van der Waals surface area contributed by atoms with Gasteiger partial charge >= 0.3 is 0 Å². The zero-order valence-corrected chi connectivity index (χ0v) is 19.5. The zero-order chi connectivity index (χ0) is 24.9. The van der Waals surface area contributed by atoms with Crippen LogP contribution >= 0.6 is 11.6 Å². The highest BCUT2D eigenvalue weighted by atomic mass is 35.5. The summed E-state index contributed by atoms with van der Waals surface area (Å²) in [5, 5.41) is 3.92. The average molecular weight is 496 g/mol. The van der Waals surface area contributed by atoms with Gasteiger partial charge in [-0.3, -0.25) is 19.3 Å². The molecule has 4 heterocycles. The van der Waals surface area contributed by atoms with E-state index < -0.39 is 0 Å². The Kier molecular flexibility index (Phi) is 6.46. The smallest absolute Gasteiger partial charge is 0.267 e. The van der Waals surface area contributed by atoms with Crippen molar-refractivity contribution in [3.63, 3.8) is 0 Å². The largest absolute Gasteiger partial charge is 0.382 e. The number of fused-ring (bicyclic) bond motifs is 1. The average Bonchev–Trinajstić information content (AvgIpc) is 2.89. The van der Waals surface area contributed by atoms with E-state index in [2.05, 4.69) is 42.1 Å². The summed E-state index contributed by atoms with van der Waals surface area (Å²) in [7, 11) is 0. The van der Waals surface area contributed by atoms with Crippen LogP contribution in [0.4, 0.5) is 11.6 Å². The molecule has 5 rings (SSSR count). The van der Waals surface area contributed by atoms with Crippen LogP contribution in [0.5, 0.6) is 0 Å². The van der Waals surface area contributed by atoms with Crippen LogP contribution in [0.3, 0.4) is 0 Å². The highest BCUT2D eigenvalue weighted by molar-refractivity contribution is 6.35. The molecule has 36 heavy (non-hydrogen) atoms. The summed E-state index contributed by atoms with van der Waals surface area (Å²) in [6, 6.07) is 8.75. The number of rotatable bonds is 5. The Hall–Kier alpha value is -4.88. The summed E-state index contributed by atoms with van der Waals surface area (Å²) < 4.78 is 1.52. The van der Waals surface area contributed by atoms with Crippen molar-refractivity contribution in [2.24, 2.45) is 0 Å². The highest BCUT2D eigenvalue weighted by Crippen LogP contribution is 2.21. The molecule has 3 N–H and O–H groups in total. The number of nitrogens with one attached hydrogen (secondary N) is 1. The number of anilines is 2. The van der Waals surface area contributed by atoms with Crippen molar-refractivity contribution in [1.82, 2.24) is 34.5 Å². The lowest BCUT2D eigenvalue weighted by atomic mass is 10.2. The lowest BCUT2D eigenvalue weighted by Crippen LogP contribution is -2.26. The second kappa shape index (κ2) is 10.2. The summed E-state index contributed by atoms with van der Waals surface area (Å²) in [6.45, 7) is 0.384. The minimum absolute atomic E-state index is 0.231. The van der Waals surface area contributed by atoms with Crippen LogP contribution in [-0.4, -0.2) is 41.0 Å². The van der Waals surface area contributed by atoms with E-state index in [9.17, 15) is 4.79 Å². The van der Waals surface area contributed by atoms with Crippen molar-refractivity contribution in [1.29, 1.82) is 0 Å².